The molecule has 1 aliphatic carbocycles. The highest BCUT2D eigenvalue weighted by Crippen LogP contribution is 2.27. The summed E-state index contributed by atoms with van der Waals surface area (Å²) in [5, 5.41) is 3.05. The molecule has 0 aromatic carbocycles. The molecule has 1 unspecified atom stereocenters. The Labute approximate surface area is 141 Å². The Morgan fingerprint density at radius 1 is 1.24 bits per heavy atom. The highest BCUT2D eigenvalue weighted by Gasteiger charge is 2.36. The highest BCUT2D eigenvalue weighted by molar-refractivity contribution is 5.86. The van der Waals surface area contributed by atoms with E-state index in [4.69, 9.17) is 5.73 Å². The molecule has 0 bridgehead atoms. The van der Waals surface area contributed by atoms with E-state index >= 15 is 0 Å². The SMILES string of the molecule is CCC1CCCCN1CCNC(=O)C1(N)CCCC1.Cl.Cl. The van der Waals surface area contributed by atoms with Crippen molar-refractivity contribution in [2.45, 2.75) is 69.9 Å². The number of carbonyl (C=O) groups excluding carboxylic acids is 1. The van der Waals surface area contributed by atoms with E-state index in [1.54, 1.807) is 0 Å². The number of carbonyl (C=O) groups is 1. The molecule has 2 aliphatic rings. The van der Waals surface area contributed by atoms with E-state index < -0.39 is 5.54 Å². The van der Waals surface area contributed by atoms with Crippen molar-refractivity contribution in [3.8, 4) is 0 Å². The number of nitrogens with two attached hydrogens (primary N) is 1. The quantitative estimate of drug-likeness (QED) is 0.808. The number of nitrogens with zero attached hydrogens (tertiary/aromatic N) is 1. The average Bonchev–Trinajstić information content (AvgIpc) is 2.87. The number of halogens is 2. The van der Waals surface area contributed by atoms with Gasteiger partial charge in [-0.2, -0.15) is 0 Å². The molecule has 1 saturated heterocycles. The van der Waals surface area contributed by atoms with Crippen molar-refractivity contribution in [2.75, 3.05) is 19.6 Å². The molecule has 1 aliphatic heterocycles. The van der Waals surface area contributed by atoms with Gasteiger partial charge in [-0.1, -0.05) is 26.2 Å². The fourth-order valence-corrected chi connectivity index (χ4v) is 3.54. The Morgan fingerprint density at radius 2 is 1.90 bits per heavy atom. The summed E-state index contributed by atoms with van der Waals surface area (Å²) in [7, 11) is 0. The van der Waals surface area contributed by atoms with Crippen molar-refractivity contribution in [1.82, 2.24) is 10.2 Å². The van der Waals surface area contributed by atoms with E-state index in [1.165, 1.54) is 32.2 Å². The first kappa shape index (κ1) is 21.0. The predicted molar refractivity (Wildman–Crippen MR) is 92.4 cm³/mol. The van der Waals surface area contributed by atoms with Crippen molar-refractivity contribution in [3.05, 3.63) is 0 Å². The average molecular weight is 340 g/mol. The zero-order valence-corrected chi connectivity index (χ0v) is 14.7. The van der Waals surface area contributed by atoms with Crippen LogP contribution < -0.4 is 11.1 Å². The largest absolute Gasteiger partial charge is 0.353 e. The summed E-state index contributed by atoms with van der Waals surface area (Å²) in [6, 6.07) is 0.712. The second-order valence-electron chi connectivity index (χ2n) is 6.21. The summed E-state index contributed by atoms with van der Waals surface area (Å²) < 4.78 is 0. The van der Waals surface area contributed by atoms with Crippen LogP contribution in [0.5, 0.6) is 0 Å². The molecule has 1 heterocycles. The first-order chi connectivity index (χ1) is 9.15. The molecule has 21 heavy (non-hydrogen) atoms. The molecule has 1 atom stereocenters. The molecule has 6 heteroatoms. The van der Waals surface area contributed by atoms with Gasteiger partial charge in [-0.15, -0.1) is 24.8 Å². The Balaban J connectivity index is 0.00000200. The third-order valence-electron chi connectivity index (χ3n) is 4.85. The van der Waals surface area contributed by atoms with Crippen LogP contribution in [0.3, 0.4) is 0 Å². The lowest BCUT2D eigenvalue weighted by atomic mass is 9.98. The van der Waals surface area contributed by atoms with Crippen molar-refractivity contribution in [3.63, 3.8) is 0 Å². The monoisotopic (exact) mass is 339 g/mol. The van der Waals surface area contributed by atoms with Crippen molar-refractivity contribution in [2.24, 2.45) is 5.73 Å². The van der Waals surface area contributed by atoms with E-state index in [0.717, 1.165) is 38.8 Å². The number of hydrogen-bond acceptors (Lipinski definition) is 3. The second-order valence-corrected chi connectivity index (χ2v) is 6.21. The normalized spacial score (nSPS) is 24.8. The van der Waals surface area contributed by atoms with Crippen molar-refractivity contribution < 1.29 is 4.79 Å². The first-order valence-electron chi connectivity index (χ1n) is 7.97. The molecule has 3 N–H and O–H groups in total. The number of likely N-dealkylation sites (tertiary alicyclic amines) is 1. The van der Waals surface area contributed by atoms with E-state index in [0.29, 0.717) is 6.04 Å². The molecule has 2 fully saturated rings. The van der Waals surface area contributed by atoms with Gasteiger partial charge in [0.1, 0.15) is 0 Å². The van der Waals surface area contributed by atoms with E-state index in [2.05, 4.69) is 17.1 Å². The molecule has 1 amide bonds. The third kappa shape index (κ3) is 5.59. The summed E-state index contributed by atoms with van der Waals surface area (Å²) in [6.45, 7) is 5.16. The maximum atomic E-state index is 12.1. The van der Waals surface area contributed by atoms with Gasteiger partial charge in [-0.05, 0) is 38.6 Å². The molecule has 126 valence electrons. The smallest absolute Gasteiger partial charge is 0.240 e. The van der Waals surface area contributed by atoms with Crippen LogP contribution in [0.1, 0.15) is 58.3 Å². The highest BCUT2D eigenvalue weighted by atomic mass is 35.5. The van der Waals surface area contributed by atoms with Crippen LogP contribution >= 0.6 is 24.8 Å². The molecular weight excluding hydrogens is 309 g/mol. The topological polar surface area (TPSA) is 58.4 Å². The van der Waals surface area contributed by atoms with Gasteiger partial charge >= 0.3 is 0 Å². The van der Waals surface area contributed by atoms with Gasteiger partial charge < -0.3 is 11.1 Å². The maximum Gasteiger partial charge on any atom is 0.240 e. The zero-order valence-electron chi connectivity index (χ0n) is 13.1. The Kier molecular flexibility index (Phi) is 9.87. The van der Waals surface area contributed by atoms with Gasteiger partial charge in [-0.3, -0.25) is 9.69 Å². The lowest BCUT2D eigenvalue weighted by Gasteiger charge is -2.35. The second kappa shape index (κ2) is 9.88. The molecule has 1 saturated carbocycles. The van der Waals surface area contributed by atoms with Gasteiger partial charge in [-0.25, -0.2) is 0 Å². The van der Waals surface area contributed by atoms with Crippen LogP contribution in [0.2, 0.25) is 0 Å². The van der Waals surface area contributed by atoms with Crippen LogP contribution in [-0.4, -0.2) is 42.0 Å². The van der Waals surface area contributed by atoms with Crippen LogP contribution in [0.25, 0.3) is 0 Å². The molecule has 0 aromatic heterocycles. The molecule has 0 radical (unpaired) electrons. The lowest BCUT2D eigenvalue weighted by molar-refractivity contribution is -0.126. The van der Waals surface area contributed by atoms with Crippen LogP contribution in [-0.2, 0) is 4.79 Å². The molecule has 0 spiro atoms. The number of hydrogen-bond donors (Lipinski definition) is 2. The minimum atomic E-state index is -0.577. The Bertz CT molecular complexity index is 309. The zero-order chi connectivity index (χ0) is 13.7. The number of nitrogens with one attached hydrogen (secondary N) is 1. The number of rotatable bonds is 5. The minimum absolute atomic E-state index is 0. The minimum Gasteiger partial charge on any atom is -0.353 e. The molecule has 4 nitrogen and oxygen atoms in total. The number of piperidine rings is 1. The van der Waals surface area contributed by atoms with E-state index in [9.17, 15) is 4.79 Å². The van der Waals surface area contributed by atoms with Crippen LogP contribution in [0, 0.1) is 0 Å². The lowest BCUT2D eigenvalue weighted by Crippen LogP contribution is -2.53. The van der Waals surface area contributed by atoms with Gasteiger partial charge in [0.15, 0.2) is 0 Å². The molecular formula is C15H31Cl2N3O. The van der Waals surface area contributed by atoms with Crippen molar-refractivity contribution >= 4 is 30.7 Å². The fourth-order valence-electron chi connectivity index (χ4n) is 3.54. The predicted octanol–water partition coefficient (Wildman–Crippen LogP) is 2.48. The van der Waals surface area contributed by atoms with Gasteiger partial charge in [0.05, 0.1) is 5.54 Å². The summed E-state index contributed by atoms with van der Waals surface area (Å²) >= 11 is 0. The van der Waals surface area contributed by atoms with Crippen molar-refractivity contribution in [1.29, 1.82) is 0 Å². The molecule has 0 aromatic rings. The summed E-state index contributed by atoms with van der Waals surface area (Å²) in [5.41, 5.74) is 5.57. The standard InChI is InChI=1S/C15H29N3O.2ClH/c1-2-13-7-3-6-11-18(13)12-10-17-14(19)15(16)8-4-5-9-15;;/h13H,2-12,16H2,1H3,(H,17,19);2*1H. The Morgan fingerprint density at radius 3 is 2.52 bits per heavy atom. The van der Waals surface area contributed by atoms with Crippen LogP contribution in [0.4, 0.5) is 0 Å². The van der Waals surface area contributed by atoms with Crippen LogP contribution in [0.15, 0.2) is 0 Å². The third-order valence-corrected chi connectivity index (χ3v) is 4.85. The van der Waals surface area contributed by atoms with E-state index in [-0.39, 0.29) is 30.7 Å². The van der Waals surface area contributed by atoms with Gasteiger partial charge in [0.25, 0.3) is 0 Å². The van der Waals surface area contributed by atoms with E-state index in [1.807, 2.05) is 0 Å². The number of amides is 1. The summed E-state index contributed by atoms with van der Waals surface area (Å²) in [4.78, 5) is 14.6. The summed E-state index contributed by atoms with van der Waals surface area (Å²) in [6.07, 6.45) is 9.06. The van der Waals surface area contributed by atoms with Gasteiger partial charge in [0, 0.05) is 19.1 Å². The molecule has 2 rings (SSSR count). The first-order valence-corrected chi connectivity index (χ1v) is 7.97. The maximum absolute atomic E-state index is 12.1. The summed E-state index contributed by atoms with van der Waals surface area (Å²) in [5.74, 6) is 0.0649. The fraction of sp³-hybridized carbons (Fsp3) is 0.933. The Hall–Kier alpha value is -0.0300. The van der Waals surface area contributed by atoms with Gasteiger partial charge in [0.2, 0.25) is 5.91 Å².